The molecule has 1 saturated carbocycles. The van der Waals surface area contributed by atoms with Gasteiger partial charge >= 0.3 is 0 Å². The van der Waals surface area contributed by atoms with Crippen LogP contribution < -0.4 is 5.32 Å². The summed E-state index contributed by atoms with van der Waals surface area (Å²) in [5.74, 6) is 0.499. The summed E-state index contributed by atoms with van der Waals surface area (Å²) in [6.07, 6.45) is 6.30. The van der Waals surface area contributed by atoms with Gasteiger partial charge in [-0.3, -0.25) is 4.79 Å². The topological polar surface area (TPSA) is 29.1 Å². The summed E-state index contributed by atoms with van der Waals surface area (Å²) in [6.45, 7) is 0. The molecule has 0 heterocycles. The predicted molar refractivity (Wildman–Crippen MR) is 63.9 cm³/mol. The Balaban J connectivity index is 1.72. The molecular weight excluding hydrogens is 217 g/mol. The van der Waals surface area contributed by atoms with Crippen LogP contribution in [-0.2, 0) is 4.79 Å². The Morgan fingerprint density at radius 1 is 1.24 bits per heavy atom. The van der Waals surface area contributed by atoms with E-state index < -0.39 is 0 Å². The largest absolute Gasteiger partial charge is 0.323 e. The minimum Gasteiger partial charge on any atom is -0.323 e. The van der Waals surface area contributed by atoms with Gasteiger partial charge in [-0.25, -0.2) is 4.39 Å². The minimum absolute atomic E-state index is 0.0182. The summed E-state index contributed by atoms with van der Waals surface area (Å²) in [5.41, 5.74) is 0.282. The van der Waals surface area contributed by atoms with Crippen molar-refractivity contribution >= 4 is 11.6 Å². The van der Waals surface area contributed by atoms with Crippen LogP contribution in [0.25, 0.3) is 0 Å². The van der Waals surface area contributed by atoms with E-state index >= 15 is 0 Å². The van der Waals surface area contributed by atoms with Crippen LogP contribution in [0.4, 0.5) is 10.1 Å². The summed E-state index contributed by atoms with van der Waals surface area (Å²) in [7, 11) is 0. The summed E-state index contributed by atoms with van der Waals surface area (Å²) >= 11 is 0. The lowest BCUT2D eigenvalue weighted by Gasteiger charge is -2.17. The van der Waals surface area contributed by atoms with Gasteiger partial charge in [-0.05, 0) is 36.8 Å². The van der Waals surface area contributed by atoms with Gasteiger partial charge in [-0.15, -0.1) is 0 Å². The fourth-order valence-corrected chi connectivity index (χ4v) is 2.87. The Morgan fingerprint density at radius 2 is 2.06 bits per heavy atom. The highest BCUT2D eigenvalue weighted by molar-refractivity contribution is 5.93. The molecule has 1 aromatic carbocycles. The van der Waals surface area contributed by atoms with Gasteiger partial charge in [0, 0.05) is 5.92 Å². The molecule has 88 valence electrons. The van der Waals surface area contributed by atoms with Crippen molar-refractivity contribution in [2.24, 2.45) is 17.8 Å². The second-order valence-corrected chi connectivity index (χ2v) is 4.86. The second-order valence-electron chi connectivity index (χ2n) is 4.86. The van der Waals surface area contributed by atoms with E-state index in [9.17, 15) is 9.18 Å². The van der Waals surface area contributed by atoms with Gasteiger partial charge in [0.1, 0.15) is 5.82 Å². The van der Waals surface area contributed by atoms with Crippen molar-refractivity contribution in [2.45, 2.75) is 12.8 Å². The van der Waals surface area contributed by atoms with E-state index in [0.29, 0.717) is 11.8 Å². The quantitative estimate of drug-likeness (QED) is 0.779. The highest BCUT2D eigenvalue weighted by Crippen LogP contribution is 2.43. The molecule has 1 N–H and O–H groups in total. The Hall–Kier alpha value is -1.64. The normalized spacial score (nSPS) is 29.6. The first-order valence-electron chi connectivity index (χ1n) is 5.98. The molecule has 3 atom stereocenters. The number of benzene rings is 1. The average Bonchev–Trinajstić information content (AvgIpc) is 2.94. The van der Waals surface area contributed by atoms with Crippen molar-refractivity contribution in [3.05, 3.63) is 42.2 Å². The number of allylic oxidation sites excluding steroid dienone is 2. The van der Waals surface area contributed by atoms with Crippen LogP contribution >= 0.6 is 0 Å². The first kappa shape index (κ1) is 10.5. The third kappa shape index (κ3) is 1.86. The number of para-hydroxylation sites is 1. The molecule has 0 aliphatic heterocycles. The molecule has 1 amide bonds. The number of carbonyl (C=O) groups excluding carboxylic acids is 1. The molecule has 1 fully saturated rings. The minimum atomic E-state index is -0.375. The van der Waals surface area contributed by atoms with Crippen LogP contribution in [0.3, 0.4) is 0 Å². The Kier molecular flexibility index (Phi) is 2.46. The summed E-state index contributed by atoms with van der Waals surface area (Å²) in [6, 6.07) is 6.29. The van der Waals surface area contributed by atoms with Crippen LogP contribution in [0, 0.1) is 23.6 Å². The fraction of sp³-hybridized carbons (Fsp3) is 0.357. The summed E-state index contributed by atoms with van der Waals surface area (Å²) in [4.78, 5) is 12.0. The van der Waals surface area contributed by atoms with E-state index in [-0.39, 0.29) is 23.3 Å². The first-order chi connectivity index (χ1) is 8.24. The monoisotopic (exact) mass is 231 g/mol. The number of nitrogens with one attached hydrogen (secondary N) is 1. The number of rotatable bonds is 2. The number of anilines is 1. The van der Waals surface area contributed by atoms with Gasteiger partial charge in [0.2, 0.25) is 5.91 Å². The lowest BCUT2D eigenvalue weighted by atomic mass is 9.93. The third-order valence-electron chi connectivity index (χ3n) is 3.75. The average molecular weight is 231 g/mol. The molecule has 2 aliphatic rings. The van der Waals surface area contributed by atoms with E-state index in [1.54, 1.807) is 18.2 Å². The molecule has 2 bridgehead atoms. The van der Waals surface area contributed by atoms with Crippen LogP contribution in [0.15, 0.2) is 36.4 Å². The SMILES string of the molecule is O=C(Nc1ccccc1F)C1CC2C=CC1C2. The third-order valence-corrected chi connectivity index (χ3v) is 3.75. The Bertz CT molecular complexity index is 483. The van der Waals surface area contributed by atoms with Crippen LogP contribution in [0.2, 0.25) is 0 Å². The maximum atomic E-state index is 13.4. The van der Waals surface area contributed by atoms with Crippen molar-refractivity contribution < 1.29 is 9.18 Å². The van der Waals surface area contributed by atoms with Crippen LogP contribution in [-0.4, -0.2) is 5.91 Å². The molecule has 0 aromatic heterocycles. The van der Waals surface area contributed by atoms with Crippen LogP contribution in [0.1, 0.15) is 12.8 Å². The highest BCUT2D eigenvalue weighted by Gasteiger charge is 2.39. The van der Waals surface area contributed by atoms with Gasteiger partial charge in [-0.2, -0.15) is 0 Å². The van der Waals surface area contributed by atoms with Crippen molar-refractivity contribution in [1.29, 1.82) is 0 Å². The van der Waals surface area contributed by atoms with Gasteiger partial charge in [-0.1, -0.05) is 24.3 Å². The van der Waals surface area contributed by atoms with Crippen molar-refractivity contribution in [2.75, 3.05) is 5.32 Å². The maximum Gasteiger partial charge on any atom is 0.228 e. The number of carbonyl (C=O) groups is 1. The zero-order chi connectivity index (χ0) is 11.8. The number of amides is 1. The lowest BCUT2D eigenvalue weighted by molar-refractivity contribution is -0.120. The smallest absolute Gasteiger partial charge is 0.228 e. The van der Waals surface area contributed by atoms with E-state index in [1.807, 2.05) is 0 Å². The van der Waals surface area contributed by atoms with Gasteiger partial charge in [0.05, 0.1) is 5.69 Å². The zero-order valence-electron chi connectivity index (χ0n) is 9.40. The first-order valence-corrected chi connectivity index (χ1v) is 5.98. The Morgan fingerprint density at radius 3 is 2.71 bits per heavy atom. The van der Waals surface area contributed by atoms with E-state index in [1.165, 1.54) is 6.07 Å². The standard InChI is InChI=1S/C14H14FNO/c15-12-3-1-2-4-13(12)16-14(17)11-8-9-5-6-10(11)7-9/h1-6,9-11H,7-8H2,(H,16,17). The van der Waals surface area contributed by atoms with E-state index in [4.69, 9.17) is 0 Å². The molecule has 3 rings (SSSR count). The Labute approximate surface area is 99.5 Å². The molecule has 1 aromatic rings. The molecule has 2 aliphatic carbocycles. The zero-order valence-corrected chi connectivity index (χ0v) is 9.40. The molecule has 0 saturated heterocycles. The van der Waals surface area contributed by atoms with Gasteiger partial charge in [0.25, 0.3) is 0 Å². The molecule has 17 heavy (non-hydrogen) atoms. The molecule has 0 radical (unpaired) electrons. The molecule has 0 spiro atoms. The van der Waals surface area contributed by atoms with Gasteiger partial charge in [0.15, 0.2) is 0 Å². The molecular formula is C14H14FNO. The summed E-state index contributed by atoms with van der Waals surface area (Å²) in [5, 5.41) is 2.69. The number of halogens is 1. The van der Waals surface area contributed by atoms with E-state index in [2.05, 4.69) is 17.5 Å². The van der Waals surface area contributed by atoms with Crippen molar-refractivity contribution in [3.63, 3.8) is 0 Å². The molecule has 3 heteroatoms. The fourth-order valence-electron chi connectivity index (χ4n) is 2.87. The number of hydrogen-bond acceptors (Lipinski definition) is 1. The second kappa shape index (κ2) is 3.99. The summed E-state index contributed by atoms with van der Waals surface area (Å²) < 4.78 is 13.4. The van der Waals surface area contributed by atoms with Crippen LogP contribution in [0.5, 0.6) is 0 Å². The maximum absolute atomic E-state index is 13.4. The predicted octanol–water partition coefficient (Wildman–Crippen LogP) is 2.98. The molecule has 3 unspecified atom stereocenters. The van der Waals surface area contributed by atoms with E-state index in [0.717, 1.165) is 12.8 Å². The number of fused-ring (bicyclic) bond motifs is 2. The van der Waals surface area contributed by atoms with Gasteiger partial charge < -0.3 is 5.32 Å². The van der Waals surface area contributed by atoms with Crippen molar-refractivity contribution in [3.8, 4) is 0 Å². The lowest BCUT2D eigenvalue weighted by Crippen LogP contribution is -2.26. The number of hydrogen-bond donors (Lipinski definition) is 1. The van der Waals surface area contributed by atoms with Crippen molar-refractivity contribution in [1.82, 2.24) is 0 Å². The molecule has 2 nitrogen and oxygen atoms in total. The highest BCUT2D eigenvalue weighted by atomic mass is 19.1.